The Kier molecular flexibility index (Phi) is 13.9. The predicted octanol–water partition coefficient (Wildman–Crippen LogP) is 5.19. The Labute approximate surface area is 195 Å². The Bertz CT molecular complexity index is 649. The van der Waals surface area contributed by atoms with Gasteiger partial charge in [0.2, 0.25) is 0 Å². The van der Waals surface area contributed by atoms with Crippen molar-refractivity contribution >= 4 is 11.8 Å². The van der Waals surface area contributed by atoms with Crippen molar-refractivity contribution in [1.82, 2.24) is 0 Å². The van der Waals surface area contributed by atoms with Crippen LogP contribution in [0.4, 0.5) is 0 Å². The number of hydrogen-bond donors (Lipinski definition) is 2. The quantitative estimate of drug-likeness (QED) is 0.312. The number of rotatable bonds is 16. The Hall–Kier alpha value is -1.50. The lowest BCUT2D eigenvalue weighted by molar-refractivity contribution is -0.149. The van der Waals surface area contributed by atoms with Gasteiger partial charge in [-0.1, -0.05) is 45.4 Å². The fourth-order valence-corrected chi connectivity index (χ4v) is 4.12. The van der Waals surface area contributed by atoms with Gasteiger partial charge in [-0.3, -0.25) is 9.59 Å². The smallest absolute Gasteiger partial charge is 0.306 e. The number of carboxylic acid groups (broad SMARTS) is 1. The first-order valence-corrected chi connectivity index (χ1v) is 11.6. The van der Waals surface area contributed by atoms with E-state index in [0.29, 0.717) is 0 Å². The molecular weight excluding hydrogens is 408 g/mol. The van der Waals surface area contributed by atoms with Gasteiger partial charge in [0.05, 0.1) is 30.1 Å². The monoisotopic (exact) mass is 454 g/mol. The Balaban J connectivity index is 4.84. The molecule has 32 heavy (non-hydrogen) atoms. The molecule has 0 aromatic rings. The van der Waals surface area contributed by atoms with Crippen molar-refractivity contribution in [1.29, 1.82) is 0 Å². The molecule has 0 heterocycles. The van der Waals surface area contributed by atoms with Crippen LogP contribution in [-0.2, 0) is 19.1 Å². The van der Waals surface area contributed by atoms with Crippen LogP contribution in [0.25, 0.3) is 0 Å². The zero-order valence-electron chi connectivity index (χ0n) is 21.6. The molecule has 0 aliphatic rings. The van der Waals surface area contributed by atoms with E-state index in [1.54, 1.807) is 27.9 Å². The van der Waals surface area contributed by atoms with E-state index in [2.05, 4.69) is 26.0 Å². The molecule has 0 aliphatic heterocycles. The Morgan fingerprint density at radius 3 is 2.16 bits per heavy atom. The average molecular weight is 455 g/mol. The molecule has 2 N–H and O–H groups in total. The van der Waals surface area contributed by atoms with Crippen LogP contribution in [-0.4, -0.2) is 54.5 Å². The van der Waals surface area contributed by atoms with Crippen molar-refractivity contribution in [3.05, 3.63) is 23.3 Å². The van der Waals surface area contributed by atoms with Crippen LogP contribution in [0.1, 0.15) is 80.6 Å². The molecule has 6 heteroatoms. The molecule has 0 aliphatic carbocycles. The number of Topliss-reactive ketones (excluding diaryl/α,β-unsaturated/α-hetero) is 1. The topological polar surface area (TPSA) is 93.1 Å². The van der Waals surface area contributed by atoms with Crippen LogP contribution in [0.3, 0.4) is 0 Å². The van der Waals surface area contributed by atoms with Gasteiger partial charge in [-0.2, -0.15) is 0 Å². The third-order valence-corrected chi connectivity index (χ3v) is 6.75. The summed E-state index contributed by atoms with van der Waals surface area (Å²) < 4.78 is 10.8. The van der Waals surface area contributed by atoms with Crippen molar-refractivity contribution in [2.24, 2.45) is 17.3 Å². The number of hydrogen-bond acceptors (Lipinski definition) is 5. The minimum Gasteiger partial charge on any atom is -0.481 e. The van der Waals surface area contributed by atoms with Gasteiger partial charge in [-0.15, -0.1) is 0 Å². The standard InChI is InChI=1S/C26H46O6/c1-10-18(3)21(31-8)15-14-17(2)12-11-13-19(4)24(29)20(5)25(30)26(6,7)22(32-9)16-23(27)28/h10,14,19-22,24,29H,11-13,15-16H2,1-9H3,(H,27,28)/b17-14-,18-10+. The third-order valence-electron chi connectivity index (χ3n) is 6.75. The predicted molar refractivity (Wildman–Crippen MR) is 129 cm³/mol. The zero-order chi connectivity index (χ0) is 25.1. The number of methoxy groups -OCH3 is 2. The molecule has 0 fully saturated rings. The molecular formula is C26H46O6. The summed E-state index contributed by atoms with van der Waals surface area (Å²) in [6.07, 6.45) is 6.09. The molecule has 186 valence electrons. The second kappa shape index (κ2) is 14.6. The molecule has 0 aromatic heterocycles. The van der Waals surface area contributed by atoms with E-state index in [1.807, 2.05) is 13.8 Å². The molecule has 0 spiro atoms. The second-order valence-corrected chi connectivity index (χ2v) is 9.60. The molecule has 0 rings (SSSR count). The molecule has 0 aromatic carbocycles. The summed E-state index contributed by atoms with van der Waals surface area (Å²) >= 11 is 0. The molecule has 6 nitrogen and oxygen atoms in total. The number of carbonyl (C=O) groups excluding carboxylic acids is 1. The average Bonchev–Trinajstić information content (AvgIpc) is 2.75. The number of aliphatic carboxylic acids is 1. The number of carboxylic acids is 1. The van der Waals surface area contributed by atoms with Crippen LogP contribution in [0.15, 0.2) is 23.3 Å². The number of allylic oxidation sites excluding steroid dienone is 2. The fraction of sp³-hybridized carbons (Fsp3) is 0.769. The van der Waals surface area contributed by atoms with Crippen molar-refractivity contribution in [3.8, 4) is 0 Å². The first kappa shape index (κ1) is 30.5. The van der Waals surface area contributed by atoms with Crippen LogP contribution in [0.5, 0.6) is 0 Å². The highest BCUT2D eigenvalue weighted by Crippen LogP contribution is 2.33. The lowest BCUT2D eigenvalue weighted by atomic mass is 9.73. The molecule has 5 atom stereocenters. The third kappa shape index (κ3) is 9.55. The van der Waals surface area contributed by atoms with Crippen molar-refractivity contribution in [2.45, 2.75) is 98.9 Å². The lowest BCUT2D eigenvalue weighted by Gasteiger charge is -2.35. The molecule has 0 radical (unpaired) electrons. The number of carbonyl (C=O) groups is 2. The van der Waals surface area contributed by atoms with Crippen molar-refractivity contribution in [3.63, 3.8) is 0 Å². The summed E-state index contributed by atoms with van der Waals surface area (Å²) in [6, 6.07) is 0. The minimum absolute atomic E-state index is 0.0463. The van der Waals surface area contributed by atoms with Gasteiger partial charge in [-0.05, 0) is 57.9 Å². The van der Waals surface area contributed by atoms with Crippen molar-refractivity contribution in [2.75, 3.05) is 14.2 Å². The first-order chi connectivity index (χ1) is 14.8. The summed E-state index contributed by atoms with van der Waals surface area (Å²) in [5, 5.41) is 19.9. The Morgan fingerprint density at radius 1 is 1.09 bits per heavy atom. The maximum absolute atomic E-state index is 13.1. The SMILES string of the molecule is C/C=C(\C)C(C/C=C(/C)CCCC(C)C(O)C(C)C(=O)C(C)(C)C(CC(=O)O)OC)OC. The molecule has 5 unspecified atom stereocenters. The maximum Gasteiger partial charge on any atom is 0.306 e. The van der Waals surface area contributed by atoms with Gasteiger partial charge < -0.3 is 19.7 Å². The molecule has 0 bridgehead atoms. The van der Waals surface area contributed by atoms with Crippen LogP contribution >= 0.6 is 0 Å². The van der Waals surface area contributed by atoms with Crippen LogP contribution < -0.4 is 0 Å². The van der Waals surface area contributed by atoms with E-state index in [-0.39, 0.29) is 24.2 Å². The maximum atomic E-state index is 13.1. The van der Waals surface area contributed by atoms with E-state index in [4.69, 9.17) is 14.6 Å². The van der Waals surface area contributed by atoms with E-state index < -0.39 is 29.5 Å². The number of ketones is 1. The number of aliphatic hydroxyl groups excluding tert-OH is 1. The second-order valence-electron chi connectivity index (χ2n) is 9.60. The van der Waals surface area contributed by atoms with Crippen molar-refractivity contribution < 1.29 is 29.3 Å². The largest absolute Gasteiger partial charge is 0.481 e. The van der Waals surface area contributed by atoms with E-state index in [9.17, 15) is 14.7 Å². The highest BCUT2D eigenvalue weighted by molar-refractivity contribution is 5.87. The van der Waals surface area contributed by atoms with Gasteiger partial charge in [0.15, 0.2) is 0 Å². The Morgan fingerprint density at radius 2 is 1.69 bits per heavy atom. The van der Waals surface area contributed by atoms with Gasteiger partial charge in [0, 0.05) is 20.1 Å². The molecule has 0 saturated carbocycles. The first-order valence-electron chi connectivity index (χ1n) is 11.6. The summed E-state index contributed by atoms with van der Waals surface area (Å²) in [6.45, 7) is 13.3. The van der Waals surface area contributed by atoms with Crippen LogP contribution in [0, 0.1) is 17.3 Å². The van der Waals surface area contributed by atoms with Gasteiger partial charge >= 0.3 is 5.97 Å². The summed E-state index contributed by atoms with van der Waals surface area (Å²) in [5.74, 6) is -1.84. The van der Waals surface area contributed by atoms with Crippen LogP contribution in [0.2, 0.25) is 0 Å². The fourth-order valence-electron chi connectivity index (χ4n) is 4.12. The minimum atomic E-state index is -1.01. The number of ether oxygens (including phenoxy) is 2. The van der Waals surface area contributed by atoms with E-state index in [0.717, 1.165) is 25.7 Å². The number of aliphatic hydroxyl groups is 1. The molecule has 0 amide bonds. The summed E-state index contributed by atoms with van der Waals surface area (Å²) in [4.78, 5) is 24.2. The van der Waals surface area contributed by atoms with Gasteiger partial charge in [0.1, 0.15) is 5.78 Å². The lowest BCUT2D eigenvalue weighted by Crippen LogP contribution is -2.46. The highest BCUT2D eigenvalue weighted by Gasteiger charge is 2.42. The highest BCUT2D eigenvalue weighted by atomic mass is 16.5. The zero-order valence-corrected chi connectivity index (χ0v) is 21.6. The summed E-state index contributed by atoms with van der Waals surface area (Å²) in [7, 11) is 3.14. The normalized spacial score (nSPS) is 18.1. The van der Waals surface area contributed by atoms with E-state index in [1.165, 1.54) is 18.3 Å². The summed E-state index contributed by atoms with van der Waals surface area (Å²) in [5.41, 5.74) is 1.50. The van der Waals surface area contributed by atoms with E-state index >= 15 is 0 Å². The molecule has 0 saturated heterocycles. The van der Waals surface area contributed by atoms with Gasteiger partial charge in [0.25, 0.3) is 0 Å². The van der Waals surface area contributed by atoms with Gasteiger partial charge in [-0.25, -0.2) is 0 Å².